The lowest BCUT2D eigenvalue weighted by Crippen LogP contribution is -2.40. The number of nitrogens with zero attached hydrogens (tertiary/aromatic N) is 14. The summed E-state index contributed by atoms with van der Waals surface area (Å²) >= 11 is 16.9. The fraction of sp³-hybridized carbons (Fsp3) is 0.649. The van der Waals surface area contributed by atoms with Gasteiger partial charge in [-0.25, -0.2) is 26.3 Å². The van der Waals surface area contributed by atoms with Gasteiger partial charge in [-0.05, 0) is 43.2 Å². The summed E-state index contributed by atoms with van der Waals surface area (Å²) in [5, 5.41) is 16.5. The molecular formula is C57H79Br5F3N25O29S7. The average molecular weight is 2260 g/mol. The fourth-order valence-corrected chi connectivity index (χ4v) is 19.9. The number of anilines is 4. The predicted molar refractivity (Wildman–Crippen MR) is 463 cm³/mol. The first-order chi connectivity index (χ1) is 58.5. The molecule has 6 saturated heterocycles. The van der Waals surface area contributed by atoms with Crippen LogP contribution >= 0.6 is 127 Å². The topological polar surface area (TPSA) is 775 Å². The number of thiazole rings is 4. The summed E-state index contributed by atoms with van der Waals surface area (Å²) in [6, 6.07) is -2.83. The van der Waals surface area contributed by atoms with E-state index >= 15 is 0 Å². The van der Waals surface area contributed by atoms with Crippen molar-refractivity contribution >= 4 is 222 Å². The van der Waals surface area contributed by atoms with Crippen LogP contribution in [0, 0.1) is 0 Å². The van der Waals surface area contributed by atoms with Gasteiger partial charge in [0.05, 0.1) is 200 Å². The molecule has 126 heavy (non-hydrogen) atoms. The number of sulfonamides is 2. The van der Waals surface area contributed by atoms with E-state index in [0.29, 0.717) is 55.1 Å². The normalized spacial score (nSPS) is 25.8. The van der Waals surface area contributed by atoms with Gasteiger partial charge in [-0.2, -0.15) is 41.5 Å². The summed E-state index contributed by atoms with van der Waals surface area (Å²) in [5.41, 5.74) is 38.0. The van der Waals surface area contributed by atoms with E-state index in [1.165, 1.54) is 23.4 Å². The minimum Gasteiger partial charge on any atom is -0.394 e. The third kappa shape index (κ3) is 26.6. The van der Waals surface area contributed by atoms with Crippen molar-refractivity contribution in [3.63, 3.8) is 0 Å². The highest BCUT2D eigenvalue weighted by Gasteiger charge is 2.52. The molecule has 0 radical (unpaired) electrons. The highest BCUT2D eigenvalue weighted by Crippen LogP contribution is 2.38. The molecule has 0 spiro atoms. The van der Waals surface area contributed by atoms with Crippen LogP contribution in [0.1, 0.15) is 78.3 Å². The molecule has 0 aromatic carbocycles. The average Bonchev–Trinajstić information content (AvgIpc) is 1.62. The number of aromatic amines is 4. The van der Waals surface area contributed by atoms with E-state index in [1.807, 2.05) is 0 Å². The fourth-order valence-electron chi connectivity index (χ4n) is 12.9. The lowest BCUT2D eigenvalue weighted by molar-refractivity contribution is -0.149. The van der Waals surface area contributed by atoms with Gasteiger partial charge in [0.25, 0.3) is 22.2 Å². The van der Waals surface area contributed by atoms with E-state index in [0.717, 1.165) is 44.3 Å². The summed E-state index contributed by atoms with van der Waals surface area (Å²) in [4.78, 5) is 126. The van der Waals surface area contributed by atoms with Crippen molar-refractivity contribution in [1.82, 2.24) is 67.6 Å². The Morgan fingerprint density at radius 3 is 1.15 bits per heavy atom. The highest BCUT2D eigenvalue weighted by atomic mass is 79.9. The zero-order valence-electron chi connectivity index (χ0n) is 63.3. The van der Waals surface area contributed by atoms with Crippen molar-refractivity contribution in [2.45, 2.75) is 169 Å². The van der Waals surface area contributed by atoms with E-state index in [-0.39, 0.29) is 155 Å². The number of H-pyrrole nitrogens is 4. The van der Waals surface area contributed by atoms with Crippen molar-refractivity contribution in [1.29, 1.82) is 0 Å². The van der Waals surface area contributed by atoms with Crippen LogP contribution in [0.2, 0.25) is 0 Å². The lowest BCUT2D eigenvalue weighted by atomic mass is 10.2. The van der Waals surface area contributed by atoms with Crippen LogP contribution in [-0.2, 0) is 91.4 Å². The van der Waals surface area contributed by atoms with Gasteiger partial charge in [0.15, 0.2) is 53.9 Å². The molecule has 14 heterocycles. The summed E-state index contributed by atoms with van der Waals surface area (Å²) in [6.45, 7) is 0.748. The van der Waals surface area contributed by atoms with Crippen molar-refractivity contribution in [3.05, 3.63) is 101 Å². The zero-order valence-corrected chi connectivity index (χ0v) is 76.9. The number of rotatable bonds is 25. The number of nitrogens with two attached hydrogens (primary N) is 5. The van der Waals surface area contributed by atoms with Crippen molar-refractivity contribution < 1.29 is 105 Å². The third-order valence-corrected chi connectivity index (χ3v) is 25.2. The molecule has 8 aromatic heterocycles. The Hall–Kier alpha value is -6.58. The highest BCUT2D eigenvalue weighted by molar-refractivity contribution is 9.06. The van der Waals surface area contributed by atoms with Crippen LogP contribution in [0.25, 0.3) is 62.3 Å². The second-order valence-corrected chi connectivity index (χ2v) is 37.7. The molecule has 0 saturated carbocycles. The van der Waals surface area contributed by atoms with E-state index in [9.17, 15) is 81.9 Å². The number of aliphatic hydroxyl groups excluding tert-OH is 1. The number of alkyl halides is 3. The molecule has 8 aromatic rings. The van der Waals surface area contributed by atoms with E-state index in [1.54, 1.807) is 0 Å². The Kier molecular flexibility index (Phi) is 39.3. The number of halogens is 8. The zero-order chi connectivity index (χ0) is 91.4. The largest absolute Gasteiger partial charge is 0.523 e. The predicted octanol–water partition coefficient (Wildman–Crippen LogP) is 2.21. The molecule has 17 N–H and O–H groups in total. The first kappa shape index (κ1) is 106. The maximum atomic E-state index is 12.4. The van der Waals surface area contributed by atoms with Crippen LogP contribution in [-0.4, -0.2) is 246 Å². The number of hydrogen-bond donors (Lipinski definition) is 12. The van der Waals surface area contributed by atoms with Crippen LogP contribution in [0.5, 0.6) is 0 Å². The molecule has 0 amide bonds. The standard InChI is InChI=1S/C11H14BrN5O6S2.C11H15N5O6S2.C10H10BrN7O4S.C10H12BrN5O4S.C7H10BrF3O6S.C6H10BrN3O3.2CH4/c1-25(20,21)16-5-2-4(3-22-12)23-9(5)17-7-6(24-11(17)19)8(18)15-10(13)14-7;1-24(20,21)15-5-2-4(3-17)22-9(5)16-7-6(23-11(16)19)8(18)14-10(12)13-7;11-21-2-3-1-4(16-17-13)8(22-3)18-6-5(23-10(18)20)7(19)15-9(12)14-6;11-19-2-3-1-4(12)8(20-3)16-6-5(21-10(16)18)7(17)15-9(13)14-6;1-14-6-5(2-4(16-6)3-15-8)17-18(12,13)7(9,10)11;1-11-6-5(9-10-8)2-4(13-6)3-12-7;;/h4-5,9,16H,2-3H2,1H3,(H3,13,14,15,18);4-5,9,15,17H,2-3H2,1H3,(H3,12,13,14,18);3-4,8H,1-2H2,(H3,12,14,15,19);3-4,8H,1-2,12H2,(H3,13,14,15,17);4-6H,2-3H2,1H3;4-6H,2-3H2,1H3;2*1H4/t2*4-,5+,9+;2*3-,4+,8+;4-,5-,6+;4-,5+,6+;;/m000000../s1. The van der Waals surface area contributed by atoms with Gasteiger partial charge in [-0.15, -0.1) is 0 Å². The minimum atomic E-state index is -5.68. The number of fused-ring (bicyclic) bond motifs is 4. The van der Waals surface area contributed by atoms with E-state index in [2.05, 4.69) is 159 Å². The molecule has 704 valence electrons. The van der Waals surface area contributed by atoms with Gasteiger partial charge in [-0.1, -0.05) is 70.4 Å². The number of hydrogen-bond acceptors (Lipinski definition) is 44. The molecule has 14 rings (SSSR count). The van der Waals surface area contributed by atoms with Crippen molar-refractivity contribution in [2.24, 2.45) is 16.0 Å². The van der Waals surface area contributed by atoms with Gasteiger partial charge >= 0.3 is 35.1 Å². The number of nitrogen functional groups attached to an aromatic ring is 4. The minimum absolute atomic E-state index is 0. The number of aromatic nitrogens is 12. The molecule has 0 aliphatic carbocycles. The maximum absolute atomic E-state index is 12.4. The van der Waals surface area contributed by atoms with Gasteiger partial charge in [0.1, 0.15) is 31.1 Å². The molecule has 0 bridgehead atoms. The van der Waals surface area contributed by atoms with Gasteiger partial charge < -0.3 is 90.8 Å². The Morgan fingerprint density at radius 2 is 0.794 bits per heavy atom. The van der Waals surface area contributed by atoms with Crippen molar-refractivity contribution in [3.8, 4) is 0 Å². The summed E-state index contributed by atoms with van der Waals surface area (Å²) < 4.78 is 185. The SMILES string of the molecule is C.C.CO[C@@H]1O[C@H](COBr)C[C@@H]1OS(=O)(=O)C(F)(F)F.CO[C@@H]1O[C@H](COBr)C[C@H]1N=[N+]=[N-].CS(=O)(=O)N[C@@H]1C[C@@H](CO)O[C@H]1n1c(=O)sc2c(=O)[nH]c(N)nc21.CS(=O)(=O)N[C@@H]1C[C@@H](COBr)O[C@H]1n1c(=O)sc2c(=O)[nH]c(N)nc21.Nc1nc2c(sc(=O)n2[C@@H]2O[C@H](COBr)C[C@H]2N)c(=O)[nH]1.[N-]=[N+]=N[C@@H]1C[C@@H](COBr)O[C@H]1n1c(=O)sc2c(=O)[nH]c(N)nc21. The van der Waals surface area contributed by atoms with E-state index < -0.39 is 159 Å². The summed E-state index contributed by atoms with van der Waals surface area (Å²) in [5.74, 6) is -0.517. The molecule has 69 heteroatoms. The van der Waals surface area contributed by atoms with Gasteiger partial charge in [-0.3, -0.25) is 80.7 Å². The van der Waals surface area contributed by atoms with Gasteiger partial charge in [0, 0.05) is 30.5 Å². The van der Waals surface area contributed by atoms with Crippen LogP contribution < -0.4 is 79.8 Å². The monoisotopic (exact) mass is 2250 g/mol. The second-order valence-electron chi connectivity index (χ2n) is 26.4. The molecule has 54 nitrogen and oxygen atoms in total. The molecule has 6 fully saturated rings. The Balaban J connectivity index is 0.000000209. The maximum Gasteiger partial charge on any atom is 0.523 e. The Morgan fingerprint density at radius 1 is 0.492 bits per heavy atom. The first-order valence-corrected chi connectivity index (χ1v) is 46.3. The molecule has 0 unspecified atom stereocenters. The lowest BCUT2D eigenvalue weighted by Gasteiger charge is -2.20. The first-order valence-electron chi connectivity index (χ1n) is 34.7. The Labute approximate surface area is 763 Å². The van der Waals surface area contributed by atoms with Crippen LogP contribution in [0.3, 0.4) is 0 Å². The second kappa shape index (κ2) is 46.5. The number of ether oxygens (including phenoxy) is 8. The number of nitrogens with one attached hydrogen (secondary N) is 6. The number of aliphatic hydroxyl groups is 1. The van der Waals surface area contributed by atoms with Crippen LogP contribution in [0.4, 0.5) is 37.0 Å². The third-order valence-electron chi connectivity index (χ3n) is 17.6. The Bertz CT molecular complexity index is 6070. The number of azide groups is 2. The molecule has 18 atom stereocenters. The smallest absolute Gasteiger partial charge is 0.394 e. The summed E-state index contributed by atoms with van der Waals surface area (Å²) in [7, 11) is -10.1. The van der Waals surface area contributed by atoms with Gasteiger partial charge in [0.2, 0.25) is 43.8 Å². The summed E-state index contributed by atoms with van der Waals surface area (Å²) in [6.07, 6.45) is -5.26. The quantitative estimate of drug-likeness (QED) is 0.0128. The van der Waals surface area contributed by atoms with Crippen molar-refractivity contribution in [2.75, 3.05) is 89.3 Å². The van der Waals surface area contributed by atoms with Crippen LogP contribution in [0.15, 0.2) is 48.6 Å². The van der Waals surface area contributed by atoms with E-state index in [4.69, 9.17) is 92.9 Å². The molecule has 6 aliphatic heterocycles. The molecule has 6 aliphatic rings. The molecular weight excluding hydrogens is 2180 g/mol. The number of methoxy groups -OCH3 is 2.